The lowest BCUT2D eigenvalue weighted by Crippen LogP contribution is -2.40. The molecule has 0 bridgehead atoms. The van der Waals surface area contributed by atoms with E-state index in [-0.39, 0.29) is 12.6 Å². The van der Waals surface area contributed by atoms with E-state index < -0.39 is 46.7 Å². The third-order valence-corrected chi connectivity index (χ3v) is 6.42. The molecule has 1 saturated heterocycles. The third-order valence-electron chi connectivity index (χ3n) is 6.42. The lowest BCUT2D eigenvalue weighted by Gasteiger charge is -2.30. The van der Waals surface area contributed by atoms with Crippen molar-refractivity contribution < 1.29 is 31.1 Å². The molecule has 3 aromatic carbocycles. The third kappa shape index (κ3) is 4.96. The fraction of sp³-hybridized carbons (Fsp3) is 0.222. The number of rotatable bonds is 4. The van der Waals surface area contributed by atoms with Gasteiger partial charge in [-0.3, -0.25) is 0 Å². The Morgan fingerprint density at radius 2 is 1.33 bits per heavy atom. The van der Waals surface area contributed by atoms with Crippen LogP contribution in [-0.2, 0) is 17.8 Å². The Morgan fingerprint density at radius 3 is 1.75 bits per heavy atom. The van der Waals surface area contributed by atoms with Crippen molar-refractivity contribution in [2.75, 3.05) is 11.9 Å². The highest BCUT2D eigenvalue weighted by Gasteiger charge is 2.47. The van der Waals surface area contributed by atoms with E-state index in [2.05, 4.69) is 11.9 Å². The van der Waals surface area contributed by atoms with Gasteiger partial charge in [0.05, 0.1) is 17.2 Å². The molecule has 1 aliphatic heterocycles. The molecule has 36 heavy (non-hydrogen) atoms. The first-order chi connectivity index (χ1) is 16.9. The summed E-state index contributed by atoms with van der Waals surface area (Å²) >= 11 is 0. The number of benzene rings is 3. The van der Waals surface area contributed by atoms with Crippen LogP contribution in [0.25, 0.3) is 0 Å². The van der Waals surface area contributed by atoms with Crippen LogP contribution >= 0.6 is 0 Å². The number of carbonyl (C=O) groups excluding carboxylic acids is 1. The zero-order chi connectivity index (χ0) is 26.1. The molecule has 2 amide bonds. The summed E-state index contributed by atoms with van der Waals surface area (Å²) in [6.07, 6.45) is -8.05. The van der Waals surface area contributed by atoms with E-state index >= 15 is 0 Å². The Balaban J connectivity index is 1.71. The largest absolute Gasteiger partial charge is 0.416 e. The van der Waals surface area contributed by atoms with Gasteiger partial charge in [-0.15, -0.1) is 6.58 Å². The number of carbonyl (C=O) groups is 1. The molecule has 0 spiro atoms. The molecular weight excluding hydrogens is 482 g/mol. The van der Waals surface area contributed by atoms with Gasteiger partial charge in [0.1, 0.15) is 0 Å². The number of anilines is 1. The van der Waals surface area contributed by atoms with Crippen LogP contribution in [-0.4, -0.2) is 23.5 Å². The zero-order valence-corrected chi connectivity index (χ0v) is 18.9. The maximum atomic E-state index is 13.3. The smallest absolute Gasteiger partial charge is 0.317 e. The summed E-state index contributed by atoms with van der Waals surface area (Å²) in [5, 5.41) is 2.25. The van der Waals surface area contributed by atoms with Gasteiger partial charge in [0.25, 0.3) is 0 Å². The standard InChI is InChI=1S/C27H22F6N2O/c1-2-23-16-25(18-9-5-3-6-10-18,19-11-7-4-8-12-19)17-35(23)24(36)34-22-14-20(26(28,29)30)13-21(15-22)27(31,32)33/h2-15,23H,1,16-17H2,(H,34,36). The number of hydrogen-bond donors (Lipinski definition) is 1. The molecular formula is C27H22F6N2O. The number of nitrogens with zero attached hydrogens (tertiary/aromatic N) is 1. The molecule has 3 nitrogen and oxygen atoms in total. The first-order valence-electron chi connectivity index (χ1n) is 11.0. The Bertz CT molecular complexity index is 1170. The lowest BCUT2D eigenvalue weighted by molar-refractivity contribution is -0.143. The molecule has 4 rings (SSSR count). The second kappa shape index (κ2) is 9.37. The minimum Gasteiger partial charge on any atom is -0.317 e. The minimum absolute atomic E-state index is 0.0217. The number of alkyl halides is 6. The molecule has 9 heteroatoms. The average molecular weight is 504 g/mol. The topological polar surface area (TPSA) is 32.3 Å². The van der Waals surface area contributed by atoms with Gasteiger partial charge in [0.15, 0.2) is 0 Å². The molecule has 0 radical (unpaired) electrons. The van der Waals surface area contributed by atoms with Gasteiger partial charge < -0.3 is 10.2 Å². The highest BCUT2D eigenvalue weighted by atomic mass is 19.4. The molecule has 1 heterocycles. The SMILES string of the molecule is C=CC1CC(c2ccccc2)(c2ccccc2)CN1C(=O)Nc1cc(C(F)(F)F)cc(C(F)(F)F)c1. The monoisotopic (exact) mass is 504 g/mol. The van der Waals surface area contributed by atoms with E-state index in [1.54, 1.807) is 6.08 Å². The van der Waals surface area contributed by atoms with Crippen LogP contribution < -0.4 is 5.32 Å². The van der Waals surface area contributed by atoms with Crippen LogP contribution in [0.4, 0.5) is 36.8 Å². The molecule has 0 aliphatic carbocycles. The Kier molecular flexibility index (Phi) is 6.60. The molecule has 3 aromatic rings. The quantitative estimate of drug-likeness (QED) is 0.290. The summed E-state index contributed by atoms with van der Waals surface area (Å²) in [7, 11) is 0. The summed E-state index contributed by atoms with van der Waals surface area (Å²) in [6, 6.07) is 18.6. The average Bonchev–Trinajstić information content (AvgIpc) is 3.25. The van der Waals surface area contributed by atoms with Crippen LogP contribution in [0.3, 0.4) is 0 Å². The molecule has 1 unspecified atom stereocenters. The zero-order valence-electron chi connectivity index (χ0n) is 18.9. The molecule has 188 valence electrons. The van der Waals surface area contributed by atoms with Crippen molar-refractivity contribution in [2.24, 2.45) is 0 Å². The van der Waals surface area contributed by atoms with Gasteiger partial charge in [-0.1, -0.05) is 66.7 Å². The van der Waals surface area contributed by atoms with Crippen molar-refractivity contribution in [3.63, 3.8) is 0 Å². The number of urea groups is 1. The predicted molar refractivity (Wildman–Crippen MR) is 124 cm³/mol. The van der Waals surface area contributed by atoms with E-state index in [0.29, 0.717) is 18.6 Å². The molecule has 1 N–H and O–H groups in total. The number of amides is 2. The Labute approximate surface area is 204 Å². The summed E-state index contributed by atoms with van der Waals surface area (Å²) in [6.45, 7) is 3.96. The maximum absolute atomic E-state index is 13.3. The van der Waals surface area contributed by atoms with Crippen molar-refractivity contribution >= 4 is 11.7 Å². The van der Waals surface area contributed by atoms with Gasteiger partial charge in [-0.25, -0.2) is 4.79 Å². The van der Waals surface area contributed by atoms with Crippen molar-refractivity contribution in [2.45, 2.75) is 30.2 Å². The maximum Gasteiger partial charge on any atom is 0.416 e. The minimum atomic E-state index is -5.02. The van der Waals surface area contributed by atoms with E-state index in [9.17, 15) is 31.1 Å². The summed E-state index contributed by atoms with van der Waals surface area (Å²) in [5.41, 5.74) is -2.39. The molecule has 1 fully saturated rings. The van der Waals surface area contributed by atoms with Crippen LogP contribution in [0.5, 0.6) is 0 Å². The number of nitrogens with one attached hydrogen (secondary N) is 1. The van der Waals surface area contributed by atoms with E-state index in [1.165, 1.54) is 4.90 Å². The van der Waals surface area contributed by atoms with E-state index in [0.717, 1.165) is 11.1 Å². The number of likely N-dealkylation sites (tertiary alicyclic amines) is 1. The lowest BCUT2D eigenvalue weighted by atomic mass is 9.73. The van der Waals surface area contributed by atoms with Crippen molar-refractivity contribution in [3.8, 4) is 0 Å². The van der Waals surface area contributed by atoms with E-state index in [1.807, 2.05) is 60.7 Å². The van der Waals surface area contributed by atoms with Gasteiger partial charge in [-0.05, 0) is 35.7 Å². The molecule has 0 aromatic heterocycles. The highest BCUT2D eigenvalue weighted by Crippen LogP contribution is 2.44. The van der Waals surface area contributed by atoms with Crippen LogP contribution in [0.1, 0.15) is 28.7 Å². The van der Waals surface area contributed by atoms with E-state index in [4.69, 9.17) is 0 Å². The predicted octanol–water partition coefficient (Wildman–Crippen LogP) is 7.50. The van der Waals surface area contributed by atoms with Gasteiger partial charge in [0.2, 0.25) is 0 Å². The summed E-state index contributed by atoms with van der Waals surface area (Å²) in [5.74, 6) is 0. The highest BCUT2D eigenvalue weighted by molar-refractivity contribution is 5.90. The molecule has 0 saturated carbocycles. The van der Waals surface area contributed by atoms with Gasteiger partial charge in [-0.2, -0.15) is 26.3 Å². The van der Waals surface area contributed by atoms with Crippen molar-refractivity contribution in [3.05, 3.63) is 114 Å². The molecule has 1 aliphatic rings. The Hall–Kier alpha value is -3.75. The fourth-order valence-corrected chi connectivity index (χ4v) is 4.69. The number of halogens is 6. The van der Waals surface area contributed by atoms with Crippen LogP contribution in [0, 0.1) is 0 Å². The van der Waals surface area contributed by atoms with Gasteiger partial charge in [0, 0.05) is 17.6 Å². The summed E-state index contributed by atoms with van der Waals surface area (Å²) in [4.78, 5) is 14.7. The van der Waals surface area contributed by atoms with Crippen LogP contribution in [0.15, 0.2) is 91.5 Å². The first kappa shape index (κ1) is 25.3. The van der Waals surface area contributed by atoms with Crippen LogP contribution in [0.2, 0.25) is 0 Å². The number of hydrogen-bond acceptors (Lipinski definition) is 1. The Morgan fingerprint density at radius 1 is 0.861 bits per heavy atom. The second-order valence-corrected chi connectivity index (χ2v) is 8.67. The summed E-state index contributed by atoms with van der Waals surface area (Å²) < 4.78 is 79.6. The van der Waals surface area contributed by atoms with Crippen molar-refractivity contribution in [1.82, 2.24) is 4.90 Å². The fourth-order valence-electron chi connectivity index (χ4n) is 4.69. The van der Waals surface area contributed by atoms with Crippen molar-refractivity contribution in [1.29, 1.82) is 0 Å². The first-order valence-corrected chi connectivity index (χ1v) is 11.0. The molecule has 1 atom stereocenters. The normalized spacial score (nSPS) is 17.6. The van der Waals surface area contributed by atoms with Gasteiger partial charge >= 0.3 is 18.4 Å². The second-order valence-electron chi connectivity index (χ2n) is 8.67.